The van der Waals surface area contributed by atoms with E-state index in [9.17, 15) is 0 Å². The van der Waals surface area contributed by atoms with Gasteiger partial charge < -0.3 is 9.47 Å². The van der Waals surface area contributed by atoms with Crippen LogP contribution >= 0.6 is 0 Å². The molecule has 2 nitrogen and oxygen atoms in total. The first-order chi connectivity index (χ1) is 26.8. The third kappa shape index (κ3) is 5.44. The monoisotopic (exact) mass is 688 g/mol. The van der Waals surface area contributed by atoms with Gasteiger partial charge in [0.05, 0.1) is 22.4 Å². The Kier molecular flexibility index (Phi) is 7.85. The van der Waals surface area contributed by atoms with Crippen molar-refractivity contribution in [2.45, 2.75) is 0 Å². The van der Waals surface area contributed by atoms with Crippen molar-refractivity contribution >= 4 is 49.6 Å². The highest BCUT2D eigenvalue weighted by molar-refractivity contribution is 6.11. The zero-order valence-corrected chi connectivity index (χ0v) is 29.7. The molecule has 0 saturated heterocycles. The van der Waals surface area contributed by atoms with Gasteiger partial charge in [-0.1, -0.05) is 176 Å². The van der Waals surface area contributed by atoms with E-state index in [1.165, 1.54) is 60.4 Å². The van der Waals surface area contributed by atoms with Crippen molar-refractivity contribution in [2.24, 2.45) is 0 Å². The lowest BCUT2D eigenvalue weighted by Crippen LogP contribution is -2.11. The van der Waals surface area contributed by atoms with Gasteiger partial charge in [-0.3, -0.25) is 0 Å². The van der Waals surface area contributed by atoms with Gasteiger partial charge in [0, 0.05) is 33.3 Å². The van der Waals surface area contributed by atoms with Crippen LogP contribution in [0.15, 0.2) is 218 Å². The minimum absolute atomic E-state index is 1.09. The van der Waals surface area contributed by atoms with Gasteiger partial charge in [0.25, 0.3) is 0 Å². The lowest BCUT2D eigenvalue weighted by molar-refractivity contribution is 1.18. The van der Waals surface area contributed by atoms with Gasteiger partial charge in [0.1, 0.15) is 0 Å². The molecule has 0 bridgehead atoms. The van der Waals surface area contributed by atoms with E-state index < -0.39 is 0 Å². The van der Waals surface area contributed by atoms with Gasteiger partial charge in [0.15, 0.2) is 0 Å². The fourth-order valence-electron chi connectivity index (χ4n) is 8.11. The summed E-state index contributed by atoms with van der Waals surface area (Å²) in [6.07, 6.45) is 0. The first-order valence-electron chi connectivity index (χ1n) is 18.5. The van der Waals surface area contributed by atoms with Crippen molar-refractivity contribution in [3.8, 4) is 39.1 Å². The number of nitrogens with zero attached hydrogens (tertiary/aromatic N) is 2. The number of rotatable bonds is 7. The Balaban J connectivity index is 1.23. The summed E-state index contributed by atoms with van der Waals surface area (Å²) >= 11 is 0. The quantitative estimate of drug-likeness (QED) is 0.162. The van der Waals surface area contributed by atoms with Crippen LogP contribution < -0.4 is 4.90 Å². The van der Waals surface area contributed by atoms with Crippen molar-refractivity contribution in [3.63, 3.8) is 0 Å². The maximum Gasteiger partial charge on any atom is 0.0562 e. The standard InChI is InChI=1S/C52H36N2/c1-3-16-37(17-4-1)38-30-32-41(33-31-38)53(50-28-13-10-24-46(50)45-26-15-21-39-20-7-8-22-43(39)45)42-34-35-48-47-25-11-14-29-51(47)54(52(48)36-42)49-27-12-9-23-44(49)40-18-5-2-6-19-40/h1-36H. The maximum atomic E-state index is 2.45. The van der Waals surface area contributed by atoms with Crippen LogP contribution in [0.1, 0.15) is 0 Å². The number of aromatic nitrogens is 1. The molecular formula is C52H36N2. The van der Waals surface area contributed by atoms with Crippen LogP contribution in [-0.4, -0.2) is 4.57 Å². The highest BCUT2D eigenvalue weighted by Gasteiger charge is 2.21. The van der Waals surface area contributed by atoms with Crippen LogP contribution in [0.2, 0.25) is 0 Å². The topological polar surface area (TPSA) is 8.17 Å². The fraction of sp³-hybridized carbons (Fsp3) is 0. The van der Waals surface area contributed by atoms with Crippen molar-refractivity contribution in [2.75, 3.05) is 4.90 Å². The molecule has 0 aliphatic rings. The van der Waals surface area contributed by atoms with Crippen molar-refractivity contribution in [3.05, 3.63) is 218 Å². The second kappa shape index (κ2) is 13.4. The molecule has 0 saturated carbocycles. The molecule has 0 aliphatic carbocycles. The van der Waals surface area contributed by atoms with Gasteiger partial charge >= 0.3 is 0 Å². The van der Waals surface area contributed by atoms with Crippen molar-refractivity contribution in [1.29, 1.82) is 0 Å². The lowest BCUT2D eigenvalue weighted by Gasteiger charge is -2.28. The first kappa shape index (κ1) is 31.6. The molecule has 0 unspecified atom stereocenters. The smallest absolute Gasteiger partial charge is 0.0562 e. The second-order valence-electron chi connectivity index (χ2n) is 13.7. The predicted octanol–water partition coefficient (Wildman–Crippen LogP) is 14.4. The molecule has 0 radical (unpaired) electrons. The fourth-order valence-corrected chi connectivity index (χ4v) is 8.11. The van der Waals surface area contributed by atoms with Crippen LogP contribution in [0.3, 0.4) is 0 Å². The van der Waals surface area contributed by atoms with Gasteiger partial charge in [0.2, 0.25) is 0 Å². The SMILES string of the molecule is c1ccc(-c2ccc(N(c3ccc4c5ccccc5n(-c5ccccc5-c5ccccc5)c4c3)c3ccccc3-c3cccc4ccccc34)cc2)cc1. The number of hydrogen-bond donors (Lipinski definition) is 0. The number of para-hydroxylation sites is 3. The summed E-state index contributed by atoms with van der Waals surface area (Å²) in [5.41, 5.74) is 14.0. The maximum absolute atomic E-state index is 2.45. The molecule has 1 heterocycles. The summed E-state index contributed by atoms with van der Waals surface area (Å²) in [6, 6.07) is 78.9. The Morgan fingerprint density at radius 3 is 1.69 bits per heavy atom. The highest BCUT2D eigenvalue weighted by atomic mass is 15.1. The van der Waals surface area contributed by atoms with E-state index in [1.807, 2.05) is 0 Å². The first-order valence-corrected chi connectivity index (χ1v) is 18.5. The summed E-state index contributed by atoms with van der Waals surface area (Å²) in [4.78, 5) is 2.43. The van der Waals surface area contributed by atoms with Crippen molar-refractivity contribution in [1.82, 2.24) is 4.57 Å². The van der Waals surface area contributed by atoms with E-state index in [0.717, 1.165) is 28.3 Å². The molecule has 0 aliphatic heterocycles. The Hall–Kier alpha value is -7.16. The van der Waals surface area contributed by atoms with Gasteiger partial charge in [-0.15, -0.1) is 0 Å². The summed E-state index contributed by atoms with van der Waals surface area (Å²) < 4.78 is 2.45. The summed E-state index contributed by atoms with van der Waals surface area (Å²) in [7, 11) is 0. The van der Waals surface area contributed by atoms with E-state index in [2.05, 4.69) is 228 Å². The van der Waals surface area contributed by atoms with E-state index >= 15 is 0 Å². The Morgan fingerprint density at radius 1 is 0.315 bits per heavy atom. The molecule has 10 aromatic rings. The van der Waals surface area contributed by atoms with Crippen LogP contribution in [-0.2, 0) is 0 Å². The third-order valence-electron chi connectivity index (χ3n) is 10.6. The zero-order valence-electron chi connectivity index (χ0n) is 29.7. The van der Waals surface area contributed by atoms with Crippen LogP contribution in [0, 0.1) is 0 Å². The Bertz CT molecular complexity index is 2920. The van der Waals surface area contributed by atoms with Gasteiger partial charge in [-0.25, -0.2) is 0 Å². The zero-order chi connectivity index (χ0) is 35.8. The number of hydrogen-bond acceptors (Lipinski definition) is 1. The molecule has 1 aromatic heterocycles. The van der Waals surface area contributed by atoms with E-state index in [-0.39, 0.29) is 0 Å². The van der Waals surface area contributed by atoms with Crippen LogP contribution in [0.5, 0.6) is 0 Å². The number of anilines is 3. The molecule has 0 N–H and O–H groups in total. The summed E-state index contributed by atoms with van der Waals surface area (Å²) in [5, 5.41) is 4.92. The number of benzene rings is 9. The Morgan fingerprint density at radius 2 is 0.870 bits per heavy atom. The third-order valence-corrected chi connectivity index (χ3v) is 10.6. The normalized spacial score (nSPS) is 11.3. The molecule has 54 heavy (non-hydrogen) atoms. The lowest BCUT2D eigenvalue weighted by atomic mass is 9.96. The molecule has 254 valence electrons. The molecular weight excluding hydrogens is 653 g/mol. The second-order valence-corrected chi connectivity index (χ2v) is 13.7. The molecule has 10 rings (SSSR count). The number of fused-ring (bicyclic) bond motifs is 4. The van der Waals surface area contributed by atoms with E-state index in [0.29, 0.717) is 0 Å². The van der Waals surface area contributed by atoms with E-state index in [4.69, 9.17) is 0 Å². The molecule has 9 aromatic carbocycles. The van der Waals surface area contributed by atoms with Gasteiger partial charge in [-0.05, 0) is 75.5 Å². The highest BCUT2D eigenvalue weighted by Crippen LogP contribution is 2.45. The molecule has 0 amide bonds. The van der Waals surface area contributed by atoms with Gasteiger partial charge in [-0.2, -0.15) is 0 Å². The van der Waals surface area contributed by atoms with Crippen LogP contribution in [0.4, 0.5) is 17.1 Å². The average Bonchev–Trinajstić information content (AvgIpc) is 3.58. The predicted molar refractivity (Wildman–Crippen MR) is 229 cm³/mol. The molecule has 0 atom stereocenters. The van der Waals surface area contributed by atoms with Crippen LogP contribution in [0.25, 0.3) is 71.6 Å². The molecule has 0 fully saturated rings. The minimum Gasteiger partial charge on any atom is -0.310 e. The average molecular weight is 689 g/mol. The van der Waals surface area contributed by atoms with Crippen molar-refractivity contribution < 1.29 is 0 Å². The minimum atomic E-state index is 1.09. The summed E-state index contributed by atoms with van der Waals surface area (Å²) in [5.74, 6) is 0. The summed E-state index contributed by atoms with van der Waals surface area (Å²) in [6.45, 7) is 0. The Labute approximate surface area is 315 Å². The van der Waals surface area contributed by atoms with E-state index in [1.54, 1.807) is 0 Å². The molecule has 0 spiro atoms. The molecule has 2 heteroatoms. The largest absolute Gasteiger partial charge is 0.310 e.